The van der Waals surface area contributed by atoms with E-state index in [9.17, 15) is 14.4 Å². The van der Waals surface area contributed by atoms with Gasteiger partial charge in [0, 0.05) is 6.92 Å². The van der Waals surface area contributed by atoms with Gasteiger partial charge in [0.15, 0.2) is 0 Å². The average Bonchev–Trinajstić information content (AvgIpc) is 2.65. The van der Waals surface area contributed by atoms with Crippen molar-refractivity contribution in [3.05, 3.63) is 0 Å². The van der Waals surface area contributed by atoms with Gasteiger partial charge in [0.2, 0.25) is 11.8 Å². The highest BCUT2D eigenvalue weighted by Crippen LogP contribution is 2.23. The van der Waals surface area contributed by atoms with Crippen LogP contribution in [0.3, 0.4) is 0 Å². The number of ether oxygens (including phenoxy) is 2. The lowest BCUT2D eigenvalue weighted by molar-refractivity contribution is -0.158. The Morgan fingerprint density at radius 1 is 1.19 bits per heavy atom. The number of nitrogens with zero attached hydrogens (tertiary/aromatic N) is 2. The Hall–Kier alpha value is -2.12. The van der Waals surface area contributed by atoms with Crippen LogP contribution in [0.2, 0.25) is 0 Å². The fourth-order valence-electron chi connectivity index (χ4n) is 1.98. The Morgan fingerprint density at radius 2 is 1.67 bits per heavy atom. The van der Waals surface area contributed by atoms with Crippen LogP contribution in [-0.2, 0) is 23.9 Å². The third-order valence-electron chi connectivity index (χ3n) is 2.80. The van der Waals surface area contributed by atoms with E-state index >= 15 is 0 Å². The molecule has 0 saturated heterocycles. The maximum absolute atomic E-state index is 12.0. The molecule has 0 fully saturated rings. The molecule has 1 rings (SSSR count). The highest BCUT2D eigenvalue weighted by molar-refractivity contribution is 6.17. The smallest absolute Gasteiger partial charge is 0.328 e. The van der Waals surface area contributed by atoms with Crippen LogP contribution in [0.5, 0.6) is 0 Å². The molecule has 1 heterocycles. The standard InChI is InChI=1S/C13H21N3O5/c1-6-20-11(18)9(12(19)21-7-2)10-14-13(4,5)16(15-10)8(3)17/h9H,6-7H2,1-5H3,(H,14,15). The molecular weight excluding hydrogens is 278 g/mol. The number of aliphatic imine (C=N–C) groups is 1. The SMILES string of the molecule is CCOC(=O)C(C(=O)OCC)C1=NC(C)(C)N(C(C)=O)N1. The first-order valence-electron chi connectivity index (χ1n) is 6.75. The van der Waals surface area contributed by atoms with Crippen molar-refractivity contribution in [3.8, 4) is 0 Å². The Morgan fingerprint density at radius 3 is 2.00 bits per heavy atom. The minimum absolute atomic E-state index is 0.0482. The van der Waals surface area contributed by atoms with E-state index in [0.29, 0.717) is 0 Å². The lowest BCUT2D eigenvalue weighted by Crippen LogP contribution is -2.51. The maximum Gasteiger partial charge on any atom is 0.328 e. The van der Waals surface area contributed by atoms with Crippen LogP contribution in [0.25, 0.3) is 0 Å². The second-order valence-corrected chi connectivity index (χ2v) is 4.89. The Bertz CT molecular complexity index is 454. The highest BCUT2D eigenvalue weighted by atomic mass is 16.6. The molecule has 0 bridgehead atoms. The fraction of sp³-hybridized carbons (Fsp3) is 0.692. The van der Waals surface area contributed by atoms with Gasteiger partial charge < -0.3 is 9.47 Å². The quantitative estimate of drug-likeness (QED) is 0.576. The zero-order valence-electron chi connectivity index (χ0n) is 12.9. The predicted octanol–water partition coefficient (Wildman–Crippen LogP) is 0.230. The summed E-state index contributed by atoms with van der Waals surface area (Å²) in [5.74, 6) is -3.09. The molecule has 21 heavy (non-hydrogen) atoms. The molecule has 0 saturated carbocycles. The first-order chi connectivity index (χ1) is 9.74. The van der Waals surface area contributed by atoms with E-state index in [-0.39, 0.29) is 25.0 Å². The molecule has 1 aliphatic heterocycles. The fourth-order valence-corrected chi connectivity index (χ4v) is 1.98. The molecule has 0 aromatic heterocycles. The normalized spacial score (nSPS) is 16.3. The Balaban J connectivity index is 3.08. The van der Waals surface area contributed by atoms with Crippen molar-refractivity contribution in [1.82, 2.24) is 10.4 Å². The molecule has 0 radical (unpaired) electrons. The first-order valence-corrected chi connectivity index (χ1v) is 6.75. The lowest BCUT2D eigenvalue weighted by atomic mass is 10.1. The molecule has 1 amide bonds. The summed E-state index contributed by atoms with van der Waals surface area (Å²) < 4.78 is 9.77. The van der Waals surface area contributed by atoms with E-state index in [0.717, 1.165) is 0 Å². The zero-order chi connectivity index (χ0) is 16.2. The van der Waals surface area contributed by atoms with Gasteiger partial charge in [0.25, 0.3) is 0 Å². The number of nitrogens with one attached hydrogen (secondary N) is 1. The minimum Gasteiger partial charge on any atom is -0.465 e. The van der Waals surface area contributed by atoms with Gasteiger partial charge in [-0.2, -0.15) is 0 Å². The number of hydrogen-bond acceptors (Lipinski definition) is 7. The van der Waals surface area contributed by atoms with E-state index < -0.39 is 23.5 Å². The summed E-state index contributed by atoms with van der Waals surface area (Å²) in [5, 5.41) is 1.24. The third kappa shape index (κ3) is 3.71. The molecule has 0 aromatic carbocycles. The second-order valence-electron chi connectivity index (χ2n) is 4.89. The number of esters is 2. The van der Waals surface area contributed by atoms with Crippen LogP contribution in [0.1, 0.15) is 34.6 Å². The van der Waals surface area contributed by atoms with Crippen molar-refractivity contribution in [2.75, 3.05) is 13.2 Å². The number of amides is 1. The second kappa shape index (κ2) is 6.55. The van der Waals surface area contributed by atoms with Crippen molar-refractivity contribution < 1.29 is 23.9 Å². The topological polar surface area (TPSA) is 97.3 Å². The van der Waals surface area contributed by atoms with E-state index in [1.54, 1.807) is 27.7 Å². The predicted molar refractivity (Wildman–Crippen MR) is 73.9 cm³/mol. The van der Waals surface area contributed by atoms with Crippen LogP contribution in [0.15, 0.2) is 4.99 Å². The molecule has 118 valence electrons. The van der Waals surface area contributed by atoms with Gasteiger partial charge in [-0.05, 0) is 27.7 Å². The molecule has 1 N–H and O–H groups in total. The Labute approximate surface area is 123 Å². The molecule has 0 spiro atoms. The number of amidine groups is 1. The molecule has 8 heteroatoms. The highest BCUT2D eigenvalue weighted by Gasteiger charge is 2.44. The van der Waals surface area contributed by atoms with E-state index in [1.165, 1.54) is 11.9 Å². The summed E-state index contributed by atoms with van der Waals surface area (Å²) in [4.78, 5) is 39.8. The van der Waals surface area contributed by atoms with Gasteiger partial charge in [0.05, 0.1) is 13.2 Å². The number of hydrazine groups is 1. The van der Waals surface area contributed by atoms with Crippen molar-refractivity contribution >= 4 is 23.7 Å². The molecule has 8 nitrogen and oxygen atoms in total. The minimum atomic E-state index is -1.33. The maximum atomic E-state index is 12.0. The van der Waals surface area contributed by atoms with Gasteiger partial charge in [-0.25, -0.2) is 10.0 Å². The first kappa shape index (κ1) is 16.9. The summed E-state index contributed by atoms with van der Waals surface area (Å²) in [5.41, 5.74) is 1.79. The number of rotatable bonds is 5. The van der Waals surface area contributed by atoms with E-state index in [1.807, 2.05) is 0 Å². The molecule has 0 unspecified atom stereocenters. The molecule has 0 atom stereocenters. The summed E-state index contributed by atoms with van der Waals surface area (Å²) >= 11 is 0. The summed E-state index contributed by atoms with van der Waals surface area (Å²) in [6.07, 6.45) is 0. The van der Waals surface area contributed by atoms with Crippen LogP contribution in [-0.4, -0.2) is 47.6 Å². The Kier molecular flexibility index (Phi) is 5.28. The summed E-state index contributed by atoms with van der Waals surface area (Å²) in [6.45, 7) is 8.25. The third-order valence-corrected chi connectivity index (χ3v) is 2.80. The van der Waals surface area contributed by atoms with E-state index in [2.05, 4.69) is 10.4 Å². The van der Waals surface area contributed by atoms with Gasteiger partial charge in [-0.1, -0.05) is 0 Å². The molecule has 1 aliphatic rings. The largest absolute Gasteiger partial charge is 0.465 e. The van der Waals surface area contributed by atoms with Gasteiger partial charge in [0.1, 0.15) is 11.5 Å². The van der Waals surface area contributed by atoms with Gasteiger partial charge in [-0.15, -0.1) is 0 Å². The van der Waals surface area contributed by atoms with Crippen molar-refractivity contribution in [1.29, 1.82) is 0 Å². The van der Waals surface area contributed by atoms with Gasteiger partial charge in [-0.3, -0.25) is 19.8 Å². The molecular formula is C13H21N3O5. The number of carbonyl (C=O) groups is 3. The molecule has 0 aliphatic carbocycles. The summed E-state index contributed by atoms with van der Waals surface area (Å²) in [7, 11) is 0. The lowest BCUT2D eigenvalue weighted by Gasteiger charge is -2.27. The van der Waals surface area contributed by atoms with Crippen LogP contribution in [0, 0.1) is 5.92 Å². The van der Waals surface area contributed by atoms with Crippen molar-refractivity contribution in [2.45, 2.75) is 40.3 Å². The van der Waals surface area contributed by atoms with Crippen molar-refractivity contribution in [3.63, 3.8) is 0 Å². The van der Waals surface area contributed by atoms with E-state index in [4.69, 9.17) is 9.47 Å². The number of carbonyl (C=O) groups excluding carboxylic acids is 3. The van der Waals surface area contributed by atoms with Crippen molar-refractivity contribution in [2.24, 2.45) is 10.9 Å². The zero-order valence-corrected chi connectivity index (χ0v) is 12.9. The average molecular weight is 299 g/mol. The van der Waals surface area contributed by atoms with Crippen LogP contribution >= 0.6 is 0 Å². The molecule has 0 aromatic rings. The van der Waals surface area contributed by atoms with Gasteiger partial charge >= 0.3 is 11.9 Å². The van der Waals surface area contributed by atoms with Crippen LogP contribution < -0.4 is 5.43 Å². The number of hydrogen-bond donors (Lipinski definition) is 1. The monoisotopic (exact) mass is 299 g/mol. The summed E-state index contributed by atoms with van der Waals surface area (Å²) in [6, 6.07) is 0. The van der Waals surface area contributed by atoms with Crippen LogP contribution in [0.4, 0.5) is 0 Å².